The molecule has 0 unspecified atom stereocenters. The Morgan fingerprint density at radius 2 is 2.12 bits per heavy atom. The van der Waals surface area contributed by atoms with Crippen LogP contribution in [-0.4, -0.2) is 37.8 Å². The fourth-order valence-corrected chi connectivity index (χ4v) is 3.17. The molecule has 132 valence electrons. The molecule has 0 saturated carbocycles. The Hall–Kier alpha value is -2.80. The molecule has 0 radical (unpaired) electrons. The Bertz CT molecular complexity index is 941. The molecule has 3 heterocycles. The van der Waals surface area contributed by atoms with Crippen molar-refractivity contribution in [1.29, 1.82) is 0 Å². The molecule has 1 aromatic carbocycles. The SMILES string of the molecule is Fc1cccc(Cc2c(Cl)nc(-n3cncn3)nc2N2CC=CCC2)c1. The van der Waals surface area contributed by atoms with Crippen molar-refractivity contribution in [2.45, 2.75) is 12.8 Å². The molecule has 1 aliphatic heterocycles. The van der Waals surface area contributed by atoms with Crippen LogP contribution in [0.3, 0.4) is 0 Å². The minimum atomic E-state index is -0.277. The number of anilines is 1. The highest BCUT2D eigenvalue weighted by atomic mass is 35.5. The van der Waals surface area contributed by atoms with Crippen molar-refractivity contribution in [3.63, 3.8) is 0 Å². The molecule has 0 spiro atoms. The van der Waals surface area contributed by atoms with E-state index >= 15 is 0 Å². The van der Waals surface area contributed by atoms with Crippen LogP contribution in [-0.2, 0) is 6.42 Å². The first-order valence-corrected chi connectivity index (χ1v) is 8.64. The summed E-state index contributed by atoms with van der Waals surface area (Å²) in [6.45, 7) is 1.57. The van der Waals surface area contributed by atoms with E-state index in [1.807, 2.05) is 6.07 Å². The number of rotatable bonds is 4. The standard InChI is InChI=1S/C18H16ClFN6/c19-16-15(10-13-5-4-6-14(20)9-13)17(25-7-2-1-3-8-25)24-18(23-16)26-12-21-11-22-26/h1-2,4-6,9,11-12H,3,7-8,10H2. The van der Waals surface area contributed by atoms with Crippen molar-refractivity contribution in [3.05, 3.63) is 71.2 Å². The summed E-state index contributed by atoms with van der Waals surface area (Å²) in [5.74, 6) is 0.824. The first-order valence-electron chi connectivity index (χ1n) is 8.26. The van der Waals surface area contributed by atoms with E-state index in [1.54, 1.807) is 6.07 Å². The molecular formula is C18H16ClFN6. The van der Waals surface area contributed by atoms with Crippen LogP contribution in [0.4, 0.5) is 10.2 Å². The molecule has 6 nitrogen and oxygen atoms in total. The van der Waals surface area contributed by atoms with Crippen molar-refractivity contribution in [2.24, 2.45) is 0 Å². The van der Waals surface area contributed by atoms with Crippen LogP contribution in [0.5, 0.6) is 0 Å². The van der Waals surface area contributed by atoms with Gasteiger partial charge in [-0.3, -0.25) is 0 Å². The second-order valence-electron chi connectivity index (χ2n) is 5.97. The molecule has 2 aromatic heterocycles. The molecule has 1 aliphatic rings. The summed E-state index contributed by atoms with van der Waals surface area (Å²) >= 11 is 6.51. The van der Waals surface area contributed by atoms with Crippen molar-refractivity contribution < 1.29 is 4.39 Å². The summed E-state index contributed by atoms with van der Waals surface area (Å²) in [5.41, 5.74) is 1.59. The van der Waals surface area contributed by atoms with E-state index in [9.17, 15) is 4.39 Å². The van der Waals surface area contributed by atoms with E-state index in [0.29, 0.717) is 17.5 Å². The maximum Gasteiger partial charge on any atom is 0.255 e. The maximum absolute atomic E-state index is 13.6. The van der Waals surface area contributed by atoms with Crippen LogP contribution >= 0.6 is 11.6 Å². The minimum absolute atomic E-state index is 0.277. The molecule has 0 amide bonds. The van der Waals surface area contributed by atoms with Crippen molar-refractivity contribution in [2.75, 3.05) is 18.0 Å². The van der Waals surface area contributed by atoms with E-state index < -0.39 is 0 Å². The third-order valence-electron chi connectivity index (χ3n) is 4.17. The smallest absolute Gasteiger partial charge is 0.255 e. The van der Waals surface area contributed by atoms with E-state index in [-0.39, 0.29) is 5.82 Å². The average molecular weight is 371 g/mol. The van der Waals surface area contributed by atoms with Gasteiger partial charge in [0, 0.05) is 25.1 Å². The van der Waals surface area contributed by atoms with Gasteiger partial charge >= 0.3 is 0 Å². The Labute approximate surface area is 155 Å². The Kier molecular flexibility index (Phi) is 4.62. The van der Waals surface area contributed by atoms with Gasteiger partial charge in [-0.2, -0.15) is 19.7 Å². The predicted octanol–water partition coefficient (Wildman–Crippen LogP) is 3.21. The van der Waals surface area contributed by atoms with Gasteiger partial charge in [0.25, 0.3) is 5.95 Å². The Morgan fingerprint density at radius 1 is 1.19 bits per heavy atom. The first-order chi connectivity index (χ1) is 12.7. The topological polar surface area (TPSA) is 59.7 Å². The van der Waals surface area contributed by atoms with Gasteiger partial charge in [-0.15, -0.1) is 0 Å². The molecule has 0 N–H and O–H groups in total. The van der Waals surface area contributed by atoms with Gasteiger partial charge in [-0.05, 0) is 24.1 Å². The summed E-state index contributed by atoms with van der Waals surface area (Å²) in [5, 5.41) is 4.41. The number of nitrogens with zero attached hydrogens (tertiary/aromatic N) is 6. The summed E-state index contributed by atoms with van der Waals surface area (Å²) in [7, 11) is 0. The van der Waals surface area contributed by atoms with Crippen molar-refractivity contribution >= 4 is 17.4 Å². The van der Waals surface area contributed by atoms with Gasteiger partial charge in [0.05, 0.1) is 0 Å². The van der Waals surface area contributed by atoms with E-state index in [4.69, 9.17) is 11.6 Å². The van der Waals surface area contributed by atoms with Crippen molar-refractivity contribution in [3.8, 4) is 5.95 Å². The second kappa shape index (κ2) is 7.21. The molecule has 0 aliphatic carbocycles. The highest BCUT2D eigenvalue weighted by Gasteiger charge is 2.20. The monoisotopic (exact) mass is 370 g/mol. The summed E-state index contributed by atoms with van der Waals surface area (Å²) < 4.78 is 15.0. The third-order valence-corrected chi connectivity index (χ3v) is 4.49. The molecule has 0 fully saturated rings. The number of halogens is 2. The highest BCUT2D eigenvalue weighted by Crippen LogP contribution is 2.29. The number of hydrogen-bond acceptors (Lipinski definition) is 5. The van der Waals surface area contributed by atoms with Gasteiger partial charge in [0.1, 0.15) is 29.4 Å². The molecule has 26 heavy (non-hydrogen) atoms. The predicted molar refractivity (Wildman–Crippen MR) is 97.1 cm³/mol. The van der Waals surface area contributed by atoms with Crippen LogP contribution in [0.25, 0.3) is 5.95 Å². The Balaban J connectivity index is 1.79. The molecule has 8 heteroatoms. The summed E-state index contributed by atoms with van der Waals surface area (Å²) in [6, 6.07) is 6.48. The molecule has 3 aromatic rings. The molecular weight excluding hydrogens is 355 g/mol. The molecule has 0 atom stereocenters. The summed E-state index contributed by atoms with van der Waals surface area (Å²) in [4.78, 5) is 15.1. The number of benzene rings is 1. The van der Waals surface area contributed by atoms with Gasteiger partial charge < -0.3 is 4.90 Å². The zero-order valence-corrected chi connectivity index (χ0v) is 14.6. The van der Waals surface area contributed by atoms with Gasteiger partial charge in [0.15, 0.2) is 0 Å². The number of aromatic nitrogens is 5. The quantitative estimate of drug-likeness (QED) is 0.521. The second-order valence-corrected chi connectivity index (χ2v) is 6.33. The van der Waals surface area contributed by atoms with E-state index in [1.165, 1.54) is 29.5 Å². The lowest BCUT2D eigenvalue weighted by Crippen LogP contribution is -2.29. The fourth-order valence-electron chi connectivity index (χ4n) is 2.95. The van der Waals surface area contributed by atoms with Crippen LogP contribution in [0, 0.1) is 5.82 Å². The summed E-state index contributed by atoms with van der Waals surface area (Å²) in [6.07, 6.45) is 8.56. The van der Waals surface area contributed by atoms with Crippen molar-refractivity contribution in [1.82, 2.24) is 24.7 Å². The van der Waals surface area contributed by atoms with E-state index in [2.05, 4.69) is 37.1 Å². The van der Waals surface area contributed by atoms with Gasteiger partial charge in [-0.1, -0.05) is 35.9 Å². The lowest BCUT2D eigenvalue weighted by molar-refractivity contribution is 0.626. The lowest BCUT2D eigenvalue weighted by atomic mass is 10.1. The third kappa shape index (κ3) is 3.43. The molecule has 0 saturated heterocycles. The van der Waals surface area contributed by atoms with Crippen LogP contribution in [0.1, 0.15) is 17.5 Å². The minimum Gasteiger partial charge on any atom is -0.352 e. The largest absolute Gasteiger partial charge is 0.352 e. The first kappa shape index (κ1) is 16.7. The Morgan fingerprint density at radius 3 is 2.85 bits per heavy atom. The van der Waals surface area contributed by atoms with Crippen LogP contribution < -0.4 is 4.90 Å². The zero-order valence-electron chi connectivity index (χ0n) is 13.9. The number of hydrogen-bond donors (Lipinski definition) is 0. The van der Waals surface area contributed by atoms with Crippen LogP contribution in [0.2, 0.25) is 5.15 Å². The molecule has 0 bridgehead atoms. The lowest BCUT2D eigenvalue weighted by Gasteiger charge is -2.27. The maximum atomic E-state index is 13.6. The van der Waals surface area contributed by atoms with Gasteiger partial charge in [0.2, 0.25) is 0 Å². The van der Waals surface area contributed by atoms with Gasteiger partial charge in [-0.25, -0.2) is 9.37 Å². The fraction of sp³-hybridized carbons (Fsp3) is 0.222. The molecule has 4 rings (SSSR count). The highest BCUT2D eigenvalue weighted by molar-refractivity contribution is 6.30. The average Bonchev–Trinajstić information content (AvgIpc) is 3.19. The normalized spacial score (nSPS) is 14.0. The van der Waals surface area contributed by atoms with E-state index in [0.717, 1.165) is 36.5 Å². The zero-order chi connectivity index (χ0) is 17.9. The van der Waals surface area contributed by atoms with Crippen LogP contribution in [0.15, 0.2) is 49.1 Å².